The first-order chi connectivity index (χ1) is 17.3. The highest BCUT2D eigenvalue weighted by Crippen LogP contribution is 2.53. The van der Waals surface area contributed by atoms with E-state index in [1.54, 1.807) is 17.0 Å². The summed E-state index contributed by atoms with van der Waals surface area (Å²) in [4.78, 5) is 15.9. The molecule has 4 aliphatic rings. The number of halogens is 2. The van der Waals surface area contributed by atoms with Crippen molar-refractivity contribution in [2.75, 3.05) is 18.1 Å². The van der Waals surface area contributed by atoms with Gasteiger partial charge in [-0.3, -0.25) is 4.57 Å². The summed E-state index contributed by atoms with van der Waals surface area (Å²) in [5.74, 6) is -0.453. The zero-order chi connectivity index (χ0) is 24.8. The minimum atomic E-state index is -0.802. The van der Waals surface area contributed by atoms with E-state index in [0.717, 1.165) is 36.9 Å². The zero-order valence-electron chi connectivity index (χ0n) is 20.0. The molecular weight excluding hydrogens is 489 g/mol. The highest BCUT2D eigenvalue weighted by atomic mass is 35.5. The fraction of sp³-hybridized carbons (Fsp3) is 0.560. The van der Waals surface area contributed by atoms with Crippen molar-refractivity contribution in [3.8, 4) is 0 Å². The molecule has 0 unspecified atom stereocenters. The Bertz CT molecular complexity index is 1360. The SMILES string of the molecule is CC1(C)O[C@@H]2[C@H](O1)[C@@H](CO)O[C@H]2n1cnc2c(N3CC4(CCCC4)c4cc(F)ccc43)nc(Cl)nc21. The van der Waals surface area contributed by atoms with Crippen LogP contribution in [0.15, 0.2) is 24.5 Å². The summed E-state index contributed by atoms with van der Waals surface area (Å²) in [5, 5.41) is 9.97. The number of aromatic nitrogens is 4. The van der Waals surface area contributed by atoms with Crippen LogP contribution in [0.2, 0.25) is 5.28 Å². The van der Waals surface area contributed by atoms with Crippen LogP contribution in [-0.2, 0) is 19.6 Å². The number of ether oxygens (including phenoxy) is 3. The maximum atomic E-state index is 14.3. The van der Waals surface area contributed by atoms with Crippen LogP contribution in [0.4, 0.5) is 15.9 Å². The molecule has 9 nitrogen and oxygen atoms in total. The minimum absolute atomic E-state index is 0.0764. The van der Waals surface area contributed by atoms with Crippen LogP contribution < -0.4 is 4.90 Å². The molecule has 190 valence electrons. The predicted octanol–water partition coefficient (Wildman–Crippen LogP) is 3.99. The molecule has 4 atom stereocenters. The summed E-state index contributed by atoms with van der Waals surface area (Å²) < 4.78 is 34.4. The fourth-order valence-electron chi connectivity index (χ4n) is 6.59. The van der Waals surface area contributed by atoms with Crippen molar-refractivity contribution in [3.63, 3.8) is 0 Å². The van der Waals surface area contributed by atoms with Gasteiger partial charge in [0.15, 0.2) is 29.0 Å². The minimum Gasteiger partial charge on any atom is -0.394 e. The summed E-state index contributed by atoms with van der Waals surface area (Å²) in [6.45, 7) is 4.16. The number of fused-ring (bicyclic) bond motifs is 4. The number of benzene rings is 1. The summed E-state index contributed by atoms with van der Waals surface area (Å²) in [7, 11) is 0. The molecule has 2 saturated heterocycles. The second-order valence-electron chi connectivity index (χ2n) is 10.7. The van der Waals surface area contributed by atoms with Crippen molar-refractivity contribution in [2.45, 2.75) is 75.3 Å². The fourth-order valence-corrected chi connectivity index (χ4v) is 6.75. The standard InChI is InChI=1S/C25H27ClFN5O4/c1-24(2)35-18-16(10-33)34-22(19(18)36-24)32-12-28-17-20(29-23(26)30-21(17)32)31-11-25(7-3-4-8-25)14-9-13(27)5-6-15(14)31/h5-6,9,12,16,18-19,22,33H,3-4,7-8,10-11H2,1-2H3/t16-,18-,19-,22-/m1/s1. The Morgan fingerprint density at radius 2 is 1.94 bits per heavy atom. The molecule has 1 spiro atoms. The van der Waals surface area contributed by atoms with Gasteiger partial charge in [0.25, 0.3) is 0 Å². The van der Waals surface area contributed by atoms with Crippen LogP contribution >= 0.6 is 11.6 Å². The van der Waals surface area contributed by atoms with Crippen molar-refractivity contribution in [2.24, 2.45) is 0 Å². The molecule has 3 fully saturated rings. The summed E-state index contributed by atoms with van der Waals surface area (Å²) in [5.41, 5.74) is 2.90. The second kappa shape index (κ2) is 7.82. The van der Waals surface area contributed by atoms with Gasteiger partial charge in [-0.25, -0.2) is 9.37 Å². The second-order valence-corrected chi connectivity index (χ2v) is 11.0. The van der Waals surface area contributed by atoms with Crippen molar-refractivity contribution >= 4 is 34.3 Å². The molecule has 0 radical (unpaired) electrons. The first kappa shape index (κ1) is 22.8. The molecule has 11 heteroatoms. The summed E-state index contributed by atoms with van der Waals surface area (Å²) in [6.07, 6.45) is 3.85. The van der Waals surface area contributed by atoms with E-state index >= 15 is 0 Å². The Hall–Kier alpha value is -2.37. The van der Waals surface area contributed by atoms with Gasteiger partial charge in [0.05, 0.1) is 12.9 Å². The number of anilines is 2. The number of aliphatic hydroxyl groups excluding tert-OH is 1. The maximum Gasteiger partial charge on any atom is 0.226 e. The van der Waals surface area contributed by atoms with Crippen molar-refractivity contribution in [1.29, 1.82) is 0 Å². The first-order valence-corrected chi connectivity index (χ1v) is 12.8. The molecule has 0 amide bonds. The van der Waals surface area contributed by atoms with Gasteiger partial charge in [-0.2, -0.15) is 9.97 Å². The highest BCUT2D eigenvalue weighted by Gasteiger charge is 2.56. The third kappa shape index (κ3) is 3.24. The quantitative estimate of drug-likeness (QED) is 0.523. The van der Waals surface area contributed by atoms with Crippen molar-refractivity contribution < 1.29 is 23.7 Å². The molecule has 0 bridgehead atoms. The average Bonchev–Trinajstić information content (AvgIpc) is 3.63. The van der Waals surface area contributed by atoms with Gasteiger partial charge in [0, 0.05) is 17.6 Å². The van der Waals surface area contributed by atoms with E-state index in [1.807, 2.05) is 19.9 Å². The van der Waals surface area contributed by atoms with E-state index in [2.05, 4.69) is 19.9 Å². The van der Waals surface area contributed by atoms with Gasteiger partial charge in [-0.15, -0.1) is 0 Å². The van der Waals surface area contributed by atoms with Gasteiger partial charge in [-0.05, 0) is 62.1 Å². The highest BCUT2D eigenvalue weighted by molar-refractivity contribution is 6.28. The Balaban J connectivity index is 1.33. The smallest absolute Gasteiger partial charge is 0.226 e. The molecular formula is C25H27ClFN5O4. The Kier molecular flexibility index (Phi) is 4.95. The molecule has 7 rings (SSSR count). The molecule has 1 N–H and O–H groups in total. The summed E-state index contributed by atoms with van der Waals surface area (Å²) in [6, 6.07) is 4.97. The molecule has 3 aliphatic heterocycles. The lowest BCUT2D eigenvalue weighted by atomic mass is 9.81. The van der Waals surface area contributed by atoms with Crippen LogP contribution in [-0.4, -0.2) is 61.9 Å². The molecule has 1 aromatic carbocycles. The molecule has 3 aromatic rings. The van der Waals surface area contributed by atoms with Crippen LogP contribution in [0, 0.1) is 5.82 Å². The lowest BCUT2D eigenvalue weighted by Crippen LogP contribution is -2.31. The summed E-state index contributed by atoms with van der Waals surface area (Å²) >= 11 is 6.47. The number of imidazole rings is 1. The third-order valence-corrected chi connectivity index (χ3v) is 8.22. The Morgan fingerprint density at radius 1 is 1.17 bits per heavy atom. The van der Waals surface area contributed by atoms with E-state index in [4.69, 9.17) is 25.8 Å². The van der Waals surface area contributed by atoms with Crippen molar-refractivity contribution in [1.82, 2.24) is 19.5 Å². The normalized spacial score (nSPS) is 30.0. The van der Waals surface area contributed by atoms with Crippen LogP contribution in [0.1, 0.15) is 51.3 Å². The predicted molar refractivity (Wildman–Crippen MR) is 129 cm³/mol. The molecule has 1 saturated carbocycles. The zero-order valence-corrected chi connectivity index (χ0v) is 20.8. The monoisotopic (exact) mass is 515 g/mol. The lowest BCUT2D eigenvalue weighted by molar-refractivity contribution is -0.199. The third-order valence-electron chi connectivity index (χ3n) is 8.05. The number of hydrogen-bond donors (Lipinski definition) is 1. The Labute approximate surface area is 212 Å². The maximum absolute atomic E-state index is 14.3. The van der Waals surface area contributed by atoms with Crippen LogP contribution in [0.3, 0.4) is 0 Å². The number of hydrogen-bond acceptors (Lipinski definition) is 8. The van der Waals surface area contributed by atoms with Crippen molar-refractivity contribution in [3.05, 3.63) is 41.2 Å². The van der Waals surface area contributed by atoms with Gasteiger partial charge < -0.3 is 24.2 Å². The molecule has 1 aliphatic carbocycles. The van der Waals surface area contributed by atoms with E-state index in [0.29, 0.717) is 23.5 Å². The topological polar surface area (TPSA) is 94.8 Å². The van der Waals surface area contributed by atoms with E-state index in [-0.39, 0.29) is 23.1 Å². The number of aliphatic hydroxyl groups is 1. The average molecular weight is 516 g/mol. The van der Waals surface area contributed by atoms with Gasteiger partial charge in [0.1, 0.15) is 24.1 Å². The van der Waals surface area contributed by atoms with Gasteiger partial charge in [0.2, 0.25) is 5.28 Å². The van der Waals surface area contributed by atoms with E-state index in [1.165, 1.54) is 6.07 Å². The molecule has 36 heavy (non-hydrogen) atoms. The number of rotatable bonds is 3. The largest absolute Gasteiger partial charge is 0.394 e. The Morgan fingerprint density at radius 3 is 2.72 bits per heavy atom. The van der Waals surface area contributed by atoms with Crippen LogP contribution in [0.5, 0.6) is 0 Å². The van der Waals surface area contributed by atoms with E-state index in [9.17, 15) is 9.50 Å². The van der Waals surface area contributed by atoms with Crippen LogP contribution in [0.25, 0.3) is 11.2 Å². The van der Waals surface area contributed by atoms with Gasteiger partial charge >= 0.3 is 0 Å². The first-order valence-electron chi connectivity index (χ1n) is 12.4. The molecule has 5 heterocycles. The number of nitrogens with zero attached hydrogens (tertiary/aromatic N) is 5. The van der Waals surface area contributed by atoms with E-state index < -0.39 is 30.3 Å². The van der Waals surface area contributed by atoms with Gasteiger partial charge in [-0.1, -0.05) is 12.8 Å². The molecule has 2 aromatic heterocycles. The lowest BCUT2D eigenvalue weighted by Gasteiger charge is -2.25.